The van der Waals surface area contributed by atoms with Gasteiger partial charge in [0, 0.05) is 20.0 Å². The number of carbonyl (C=O) groups is 1. The first kappa shape index (κ1) is 8.49. The summed E-state index contributed by atoms with van der Waals surface area (Å²) in [7, 11) is 0. The zero-order valence-corrected chi connectivity index (χ0v) is 6.63. The van der Waals surface area contributed by atoms with Gasteiger partial charge < -0.3 is 10.4 Å². The molecule has 0 aromatic rings. The molecule has 1 saturated heterocycles. The molecule has 2 unspecified atom stereocenters. The van der Waals surface area contributed by atoms with Gasteiger partial charge in [-0.1, -0.05) is 0 Å². The minimum atomic E-state index is -0.381. The van der Waals surface area contributed by atoms with E-state index in [2.05, 4.69) is 10.6 Å². The summed E-state index contributed by atoms with van der Waals surface area (Å²) in [5, 5.41) is 14.7. The van der Waals surface area contributed by atoms with E-state index in [4.69, 9.17) is 5.11 Å². The number of hydrogen-bond acceptors (Lipinski definition) is 3. The van der Waals surface area contributed by atoms with E-state index in [0.717, 1.165) is 13.0 Å². The Hall–Kier alpha value is -0.610. The maximum atomic E-state index is 10.5. The predicted octanol–water partition coefficient (Wildman–Crippen LogP) is -0.950. The maximum Gasteiger partial charge on any atom is 0.216 e. The Labute approximate surface area is 66.0 Å². The largest absolute Gasteiger partial charge is 0.379 e. The fourth-order valence-electron chi connectivity index (χ4n) is 1.23. The van der Waals surface area contributed by atoms with E-state index in [0.29, 0.717) is 12.5 Å². The van der Waals surface area contributed by atoms with Crippen LogP contribution in [0.15, 0.2) is 0 Å². The second-order valence-corrected chi connectivity index (χ2v) is 2.96. The van der Waals surface area contributed by atoms with Gasteiger partial charge in [0.25, 0.3) is 0 Å². The molecule has 4 heteroatoms. The average molecular weight is 158 g/mol. The van der Waals surface area contributed by atoms with E-state index >= 15 is 0 Å². The summed E-state index contributed by atoms with van der Waals surface area (Å²) in [4.78, 5) is 10.5. The number of nitrogens with one attached hydrogen (secondary N) is 2. The number of hydrogen-bond donors (Lipinski definition) is 3. The Morgan fingerprint density at radius 1 is 1.82 bits per heavy atom. The van der Waals surface area contributed by atoms with Crippen molar-refractivity contribution in [2.45, 2.75) is 19.6 Å². The van der Waals surface area contributed by atoms with Crippen LogP contribution in [0.4, 0.5) is 0 Å². The quantitative estimate of drug-likeness (QED) is 0.485. The first-order valence-corrected chi connectivity index (χ1v) is 3.84. The molecule has 4 nitrogen and oxygen atoms in total. The Balaban J connectivity index is 2.13. The molecule has 2 atom stereocenters. The predicted molar refractivity (Wildman–Crippen MR) is 40.8 cm³/mol. The molecule has 11 heavy (non-hydrogen) atoms. The standard InChI is InChI=1S/C7H14N2O2/c1-5(10)8-3-6-2-7(11)9-4-6/h6-7,9,11H,2-4H2,1H3,(H,8,10). The zero-order chi connectivity index (χ0) is 8.27. The third-order valence-electron chi connectivity index (χ3n) is 1.84. The van der Waals surface area contributed by atoms with Crippen LogP contribution in [-0.4, -0.2) is 30.3 Å². The number of amides is 1. The number of rotatable bonds is 2. The topological polar surface area (TPSA) is 61.4 Å². The summed E-state index contributed by atoms with van der Waals surface area (Å²) in [6.07, 6.45) is 0.356. The molecule has 1 heterocycles. The van der Waals surface area contributed by atoms with E-state index in [1.165, 1.54) is 6.92 Å². The highest BCUT2D eigenvalue weighted by Crippen LogP contribution is 2.10. The van der Waals surface area contributed by atoms with Gasteiger partial charge in [0.05, 0.1) is 0 Å². The van der Waals surface area contributed by atoms with E-state index < -0.39 is 0 Å². The highest BCUT2D eigenvalue weighted by molar-refractivity contribution is 5.72. The molecule has 0 bridgehead atoms. The third-order valence-corrected chi connectivity index (χ3v) is 1.84. The lowest BCUT2D eigenvalue weighted by atomic mass is 10.1. The lowest BCUT2D eigenvalue weighted by Crippen LogP contribution is -2.28. The minimum absolute atomic E-state index is 0.00797. The smallest absolute Gasteiger partial charge is 0.216 e. The van der Waals surface area contributed by atoms with Crippen LogP contribution in [0.25, 0.3) is 0 Å². The fraction of sp³-hybridized carbons (Fsp3) is 0.857. The Morgan fingerprint density at radius 3 is 3.00 bits per heavy atom. The van der Waals surface area contributed by atoms with Gasteiger partial charge in [0.1, 0.15) is 6.23 Å². The third kappa shape index (κ3) is 2.86. The second kappa shape index (κ2) is 3.69. The Bertz CT molecular complexity index is 149. The average Bonchev–Trinajstić information content (AvgIpc) is 2.31. The molecule has 1 amide bonds. The van der Waals surface area contributed by atoms with Crippen molar-refractivity contribution in [2.75, 3.05) is 13.1 Å². The van der Waals surface area contributed by atoms with Crippen molar-refractivity contribution in [3.05, 3.63) is 0 Å². The highest BCUT2D eigenvalue weighted by Gasteiger charge is 2.21. The summed E-state index contributed by atoms with van der Waals surface area (Å²) in [5.74, 6) is 0.375. The summed E-state index contributed by atoms with van der Waals surface area (Å²) in [6, 6.07) is 0. The number of aliphatic hydroxyl groups is 1. The number of carbonyl (C=O) groups excluding carboxylic acids is 1. The van der Waals surface area contributed by atoms with Crippen LogP contribution in [0.5, 0.6) is 0 Å². The Morgan fingerprint density at radius 2 is 2.55 bits per heavy atom. The molecule has 0 radical (unpaired) electrons. The van der Waals surface area contributed by atoms with Gasteiger partial charge in [-0.25, -0.2) is 0 Å². The molecule has 1 fully saturated rings. The lowest BCUT2D eigenvalue weighted by Gasteiger charge is -2.07. The molecule has 64 valence electrons. The molecular weight excluding hydrogens is 144 g/mol. The molecule has 3 N–H and O–H groups in total. The molecule has 0 aromatic heterocycles. The van der Waals surface area contributed by atoms with Gasteiger partial charge in [0.2, 0.25) is 5.91 Å². The molecular formula is C7H14N2O2. The van der Waals surface area contributed by atoms with Crippen LogP contribution in [0.2, 0.25) is 0 Å². The van der Waals surface area contributed by atoms with E-state index in [9.17, 15) is 4.79 Å². The summed E-state index contributed by atoms with van der Waals surface area (Å²) in [5.41, 5.74) is 0. The van der Waals surface area contributed by atoms with Crippen molar-refractivity contribution >= 4 is 5.91 Å². The summed E-state index contributed by atoms with van der Waals surface area (Å²) < 4.78 is 0. The first-order valence-electron chi connectivity index (χ1n) is 3.84. The van der Waals surface area contributed by atoms with Gasteiger partial charge in [-0.2, -0.15) is 0 Å². The molecule has 1 aliphatic heterocycles. The minimum Gasteiger partial charge on any atom is -0.379 e. The fourth-order valence-corrected chi connectivity index (χ4v) is 1.23. The summed E-state index contributed by atoms with van der Waals surface area (Å²) in [6.45, 7) is 2.96. The molecule has 1 rings (SSSR count). The van der Waals surface area contributed by atoms with Gasteiger partial charge in [-0.3, -0.25) is 10.1 Å². The second-order valence-electron chi connectivity index (χ2n) is 2.96. The van der Waals surface area contributed by atoms with Crippen molar-refractivity contribution in [2.24, 2.45) is 5.92 Å². The van der Waals surface area contributed by atoms with Crippen molar-refractivity contribution in [1.29, 1.82) is 0 Å². The van der Waals surface area contributed by atoms with Crippen molar-refractivity contribution < 1.29 is 9.90 Å². The van der Waals surface area contributed by atoms with E-state index in [1.54, 1.807) is 0 Å². The molecule has 0 saturated carbocycles. The van der Waals surface area contributed by atoms with Gasteiger partial charge >= 0.3 is 0 Å². The first-order chi connectivity index (χ1) is 5.18. The van der Waals surface area contributed by atoms with Crippen LogP contribution < -0.4 is 10.6 Å². The van der Waals surface area contributed by atoms with E-state index in [-0.39, 0.29) is 12.1 Å². The van der Waals surface area contributed by atoms with Crippen LogP contribution in [0.1, 0.15) is 13.3 Å². The van der Waals surface area contributed by atoms with Crippen molar-refractivity contribution in [3.63, 3.8) is 0 Å². The zero-order valence-electron chi connectivity index (χ0n) is 6.63. The van der Waals surface area contributed by atoms with Gasteiger partial charge in [0.15, 0.2) is 0 Å². The van der Waals surface area contributed by atoms with Crippen LogP contribution in [0.3, 0.4) is 0 Å². The summed E-state index contributed by atoms with van der Waals surface area (Å²) >= 11 is 0. The van der Waals surface area contributed by atoms with Gasteiger partial charge in [-0.15, -0.1) is 0 Å². The Kier molecular flexibility index (Phi) is 2.84. The lowest BCUT2D eigenvalue weighted by molar-refractivity contribution is -0.119. The van der Waals surface area contributed by atoms with Gasteiger partial charge in [-0.05, 0) is 12.3 Å². The SMILES string of the molecule is CC(=O)NCC1CNC(O)C1. The van der Waals surface area contributed by atoms with Crippen molar-refractivity contribution in [1.82, 2.24) is 10.6 Å². The normalized spacial score (nSPS) is 30.4. The molecule has 0 spiro atoms. The monoisotopic (exact) mass is 158 g/mol. The van der Waals surface area contributed by atoms with Crippen LogP contribution in [0, 0.1) is 5.92 Å². The van der Waals surface area contributed by atoms with Crippen molar-refractivity contribution in [3.8, 4) is 0 Å². The van der Waals surface area contributed by atoms with Crippen LogP contribution in [-0.2, 0) is 4.79 Å². The molecule has 1 aliphatic rings. The van der Waals surface area contributed by atoms with E-state index in [1.807, 2.05) is 0 Å². The van der Waals surface area contributed by atoms with Crippen LogP contribution >= 0.6 is 0 Å². The molecule has 0 aromatic carbocycles. The number of aliphatic hydroxyl groups excluding tert-OH is 1. The highest BCUT2D eigenvalue weighted by atomic mass is 16.3. The maximum absolute atomic E-state index is 10.5. The molecule has 0 aliphatic carbocycles.